The van der Waals surface area contributed by atoms with Gasteiger partial charge < -0.3 is 18.1 Å². The van der Waals surface area contributed by atoms with Gasteiger partial charge in [0.25, 0.3) is 0 Å². The van der Waals surface area contributed by atoms with E-state index in [-0.39, 0.29) is 0 Å². The Hall–Kier alpha value is -5.29. The molecule has 10 rings (SSSR count). The lowest BCUT2D eigenvalue weighted by Crippen LogP contribution is -2.81. The van der Waals surface area contributed by atoms with Crippen LogP contribution in [-0.4, -0.2) is 15.7 Å². The quantitative estimate of drug-likeness (QED) is 0.219. The van der Waals surface area contributed by atoms with Crippen molar-refractivity contribution in [1.82, 2.24) is 8.96 Å². The molecule has 0 unspecified atom stereocenters. The number of nitrogens with zero attached hydrogens (tertiary/aromatic N) is 3. The predicted octanol–water partition coefficient (Wildman–Crippen LogP) is 7.61. The zero-order chi connectivity index (χ0) is 26.0. The minimum Gasteiger partial charge on any atom is -0.619 e. The number of aromatic nitrogens is 3. The molecule has 0 aliphatic carbocycles. The van der Waals surface area contributed by atoms with Gasteiger partial charge in [-0.2, -0.15) is 0 Å². The fraction of sp³-hybridized carbons (Fsp3) is 0. The standard InChI is InChI=1S/C35H22BN3O/c1-2-11-23(12-3-1)40-36-37-32(28-17-8-15-26-24-13-4-6-19-30(24)38(36)34(26)28)21-10-22-33(37)29-18-9-16-27-25-14-5-7-20-31(25)39(36)35(27)29/h1-22H. The van der Waals surface area contributed by atoms with Gasteiger partial charge in [-0.1, -0.05) is 78.9 Å². The second kappa shape index (κ2) is 7.02. The molecule has 3 aromatic heterocycles. The van der Waals surface area contributed by atoms with Crippen LogP contribution in [0.25, 0.3) is 66.1 Å². The normalized spacial score (nSPS) is 14.2. The Labute approximate surface area is 229 Å². The van der Waals surface area contributed by atoms with Crippen molar-refractivity contribution < 1.29 is 9.13 Å². The Morgan fingerprint density at radius 3 is 1.50 bits per heavy atom. The van der Waals surface area contributed by atoms with E-state index in [9.17, 15) is 0 Å². The Bertz CT molecular complexity index is 2230. The molecule has 40 heavy (non-hydrogen) atoms. The first-order valence-electron chi connectivity index (χ1n) is 13.9. The first kappa shape index (κ1) is 20.6. The molecule has 0 saturated carbocycles. The smallest absolute Gasteiger partial charge is 0.619 e. The molecule has 0 saturated heterocycles. The molecule has 0 bridgehead atoms. The summed E-state index contributed by atoms with van der Waals surface area (Å²) in [4.78, 5) is 0. The van der Waals surface area contributed by atoms with E-state index in [0.29, 0.717) is 0 Å². The molecule has 0 radical (unpaired) electrons. The summed E-state index contributed by atoms with van der Waals surface area (Å²) in [7, 11) is 0. The van der Waals surface area contributed by atoms with Crippen LogP contribution in [0.1, 0.15) is 0 Å². The van der Waals surface area contributed by atoms with Crippen LogP contribution < -0.4 is 9.13 Å². The summed E-state index contributed by atoms with van der Waals surface area (Å²) >= 11 is 0. The highest BCUT2D eigenvalue weighted by Crippen LogP contribution is 2.47. The molecular formula is C35H22BN3O. The van der Waals surface area contributed by atoms with E-state index in [1.165, 1.54) is 54.7 Å². The minimum atomic E-state index is -2.10. The second-order valence-electron chi connectivity index (χ2n) is 10.9. The zero-order valence-electron chi connectivity index (χ0n) is 21.5. The SMILES string of the molecule is c1ccc(O[B-]23n4c5ccccc5c5cccc(c54)-c4cccc([n+]42)-c2cccc4c5ccccc5n3c24)cc1. The summed E-state index contributed by atoms with van der Waals surface area (Å²) in [5, 5.41) is 4.96. The largest absolute Gasteiger partial charge is 0.687 e. The summed E-state index contributed by atoms with van der Waals surface area (Å²) in [5.41, 5.74) is 9.51. The third-order valence-corrected chi connectivity index (χ3v) is 9.09. The van der Waals surface area contributed by atoms with Crippen LogP contribution in [0.5, 0.6) is 5.75 Å². The molecule has 186 valence electrons. The maximum Gasteiger partial charge on any atom is 0.687 e. The molecule has 0 fully saturated rings. The first-order chi connectivity index (χ1) is 19.9. The van der Waals surface area contributed by atoms with E-state index in [0.717, 1.165) is 17.1 Å². The molecule has 0 N–H and O–H groups in total. The van der Waals surface area contributed by atoms with Gasteiger partial charge in [-0.3, -0.25) is 0 Å². The molecule has 0 atom stereocenters. The van der Waals surface area contributed by atoms with E-state index >= 15 is 0 Å². The molecule has 2 aliphatic rings. The van der Waals surface area contributed by atoms with Gasteiger partial charge in [0.05, 0.1) is 16.9 Å². The number of pyridine rings is 1. The van der Waals surface area contributed by atoms with Crippen molar-refractivity contribution >= 4 is 50.4 Å². The highest BCUT2D eigenvalue weighted by molar-refractivity contribution is 6.69. The number of para-hydroxylation sites is 5. The van der Waals surface area contributed by atoms with Crippen molar-refractivity contribution in [2.45, 2.75) is 0 Å². The van der Waals surface area contributed by atoms with Crippen LogP contribution in [0.4, 0.5) is 0 Å². The van der Waals surface area contributed by atoms with Gasteiger partial charge in [0.1, 0.15) is 0 Å². The number of benzene rings is 5. The number of rotatable bonds is 2. The predicted molar refractivity (Wildman–Crippen MR) is 163 cm³/mol. The van der Waals surface area contributed by atoms with Gasteiger partial charge in [-0.05, 0) is 42.5 Å². The molecule has 5 aromatic carbocycles. The van der Waals surface area contributed by atoms with Gasteiger partial charge in [0, 0.05) is 55.7 Å². The van der Waals surface area contributed by atoms with Crippen LogP contribution in [0.15, 0.2) is 133 Å². The highest BCUT2D eigenvalue weighted by Gasteiger charge is 2.58. The van der Waals surface area contributed by atoms with Crippen molar-refractivity contribution in [3.63, 3.8) is 0 Å². The average Bonchev–Trinajstić information content (AvgIpc) is 3.54. The van der Waals surface area contributed by atoms with Crippen LogP contribution in [0, 0.1) is 0 Å². The minimum absolute atomic E-state index is 0.839. The van der Waals surface area contributed by atoms with Crippen LogP contribution in [0.3, 0.4) is 0 Å². The topological polar surface area (TPSA) is 23.0 Å². The van der Waals surface area contributed by atoms with Gasteiger partial charge in [-0.25, -0.2) is 0 Å². The van der Waals surface area contributed by atoms with Gasteiger partial charge in [-0.15, -0.1) is 0 Å². The number of fused-ring (bicyclic) bond motifs is 10. The summed E-state index contributed by atoms with van der Waals surface area (Å²) in [6, 6.07) is 47.9. The van der Waals surface area contributed by atoms with Gasteiger partial charge >= 0.3 is 6.75 Å². The molecule has 0 amide bonds. The van der Waals surface area contributed by atoms with Crippen LogP contribution >= 0.6 is 0 Å². The maximum atomic E-state index is 7.53. The van der Waals surface area contributed by atoms with Gasteiger partial charge in [0.15, 0.2) is 11.4 Å². The lowest BCUT2D eigenvalue weighted by molar-refractivity contribution is -0.542. The fourth-order valence-corrected chi connectivity index (χ4v) is 7.73. The Balaban J connectivity index is 1.55. The lowest BCUT2D eigenvalue weighted by Gasteiger charge is -2.45. The number of hydrogen-bond donors (Lipinski definition) is 0. The molecule has 5 heterocycles. The van der Waals surface area contributed by atoms with Crippen molar-refractivity contribution in [2.75, 3.05) is 0 Å². The Morgan fingerprint density at radius 1 is 0.450 bits per heavy atom. The van der Waals surface area contributed by atoms with E-state index in [4.69, 9.17) is 4.65 Å². The lowest BCUT2D eigenvalue weighted by atomic mass is 9.71. The third kappa shape index (κ3) is 2.22. The van der Waals surface area contributed by atoms with Crippen LogP contribution in [0.2, 0.25) is 0 Å². The molecular weight excluding hydrogens is 489 g/mol. The van der Waals surface area contributed by atoms with Crippen LogP contribution in [-0.2, 0) is 0 Å². The zero-order valence-corrected chi connectivity index (χ0v) is 21.5. The number of hydrogen-bond acceptors (Lipinski definition) is 1. The first-order valence-corrected chi connectivity index (χ1v) is 13.9. The molecule has 5 heteroatoms. The van der Waals surface area contributed by atoms with Crippen molar-refractivity contribution in [2.24, 2.45) is 0 Å². The van der Waals surface area contributed by atoms with E-state index in [1.54, 1.807) is 0 Å². The summed E-state index contributed by atoms with van der Waals surface area (Å²) in [6.45, 7) is -2.10. The summed E-state index contributed by atoms with van der Waals surface area (Å²) < 4.78 is 15.0. The van der Waals surface area contributed by atoms with E-state index < -0.39 is 6.75 Å². The van der Waals surface area contributed by atoms with E-state index in [2.05, 4.69) is 141 Å². The molecule has 4 nitrogen and oxygen atoms in total. The van der Waals surface area contributed by atoms with Crippen molar-refractivity contribution in [3.8, 4) is 28.3 Å². The third-order valence-electron chi connectivity index (χ3n) is 9.09. The van der Waals surface area contributed by atoms with Crippen molar-refractivity contribution in [3.05, 3.63) is 133 Å². The maximum absolute atomic E-state index is 7.53. The van der Waals surface area contributed by atoms with E-state index in [1.807, 2.05) is 6.07 Å². The second-order valence-corrected chi connectivity index (χ2v) is 10.9. The molecule has 2 aliphatic heterocycles. The molecule has 0 spiro atoms. The van der Waals surface area contributed by atoms with Gasteiger partial charge in [0.2, 0.25) is 0 Å². The fourth-order valence-electron chi connectivity index (χ4n) is 7.73. The van der Waals surface area contributed by atoms with Crippen molar-refractivity contribution in [1.29, 1.82) is 0 Å². The average molecular weight is 511 g/mol. The summed E-state index contributed by atoms with van der Waals surface area (Å²) in [5.74, 6) is 0.839. The summed E-state index contributed by atoms with van der Waals surface area (Å²) in [6.07, 6.45) is 0. The Morgan fingerprint density at radius 2 is 0.925 bits per heavy atom. The Kier molecular flexibility index (Phi) is 3.62. The molecule has 8 aromatic rings. The highest BCUT2D eigenvalue weighted by atomic mass is 16.5. The monoisotopic (exact) mass is 511 g/mol.